The van der Waals surface area contributed by atoms with Crippen LogP contribution < -0.4 is 38.5 Å². The Kier molecular flexibility index (Phi) is 21.3. The van der Waals surface area contributed by atoms with Gasteiger partial charge in [-0.15, -0.1) is 0 Å². The molecule has 2 aliphatic rings. The predicted octanol–water partition coefficient (Wildman–Crippen LogP) is 5.93. The summed E-state index contributed by atoms with van der Waals surface area (Å²) in [5.41, 5.74) is 5.38. The zero-order valence-electron chi connectivity index (χ0n) is 34.1. The van der Waals surface area contributed by atoms with Gasteiger partial charge in [0.05, 0.1) is 19.8 Å². The van der Waals surface area contributed by atoms with Crippen molar-refractivity contribution in [2.24, 2.45) is 0 Å². The van der Waals surface area contributed by atoms with Gasteiger partial charge in [-0.1, -0.05) is 101 Å². The molecular formula is C44H57NaO10S3. The quantitative estimate of drug-likeness (QED) is 0.102. The zero-order valence-corrected chi connectivity index (χ0v) is 38.0. The van der Waals surface area contributed by atoms with Crippen LogP contribution in [0.3, 0.4) is 0 Å². The molecule has 312 valence electrons. The Hall–Kier alpha value is -3.37. The molecule has 7 rings (SSSR count). The summed E-state index contributed by atoms with van der Waals surface area (Å²) in [6.45, 7) is 12.5. The van der Waals surface area contributed by atoms with E-state index in [-0.39, 0.29) is 112 Å². The van der Waals surface area contributed by atoms with Crippen molar-refractivity contribution in [2.75, 3.05) is 26.4 Å². The van der Waals surface area contributed by atoms with E-state index in [1.54, 1.807) is 60.7 Å². The maximum absolute atomic E-state index is 11.3. The molecule has 14 heteroatoms. The number of epoxide rings is 2. The van der Waals surface area contributed by atoms with E-state index < -0.39 is 10.4 Å². The second-order valence-corrected chi connectivity index (χ2v) is 15.4. The number of hydrogen-bond acceptors (Lipinski definition) is 10. The second-order valence-electron chi connectivity index (χ2n) is 14.2. The van der Waals surface area contributed by atoms with Gasteiger partial charge in [-0.3, -0.25) is 0 Å². The molecular weight excluding hydrogens is 808 g/mol. The molecule has 0 radical (unpaired) electrons. The minimum absolute atomic E-state index is 0. The van der Waals surface area contributed by atoms with Gasteiger partial charge >= 0.3 is 40.0 Å². The number of rotatable bonds is 12. The van der Waals surface area contributed by atoms with Crippen LogP contribution in [0.15, 0.2) is 121 Å². The molecule has 0 amide bonds. The number of aryl methyl sites for hydroxylation is 1. The molecule has 5 aromatic rings. The SMILES string of the molecule is C.CC(C)(c1ccc(O)cc1)c1ccc(O)cc1.CC(C)(c1ccc(O)cc1)c1ccc(OC[C@@H]2CO2)cc1.Cc1ccc(OS(=O)(=O)OC[C@@H]2CO2)cc1.S.S.[H-].[Na+]. The summed E-state index contributed by atoms with van der Waals surface area (Å²) in [4.78, 5) is 0. The van der Waals surface area contributed by atoms with E-state index in [0.717, 1.165) is 29.0 Å². The summed E-state index contributed by atoms with van der Waals surface area (Å²) >= 11 is 0. The molecule has 58 heavy (non-hydrogen) atoms. The molecule has 0 unspecified atom stereocenters. The van der Waals surface area contributed by atoms with Crippen LogP contribution in [0.1, 0.15) is 64.4 Å². The number of phenolic OH excluding ortho intramolecular Hbond substituents is 3. The van der Waals surface area contributed by atoms with Crippen molar-refractivity contribution in [2.45, 2.75) is 65.1 Å². The second kappa shape index (κ2) is 23.4. The molecule has 2 heterocycles. The maximum Gasteiger partial charge on any atom is 1.00 e. The van der Waals surface area contributed by atoms with E-state index in [1.807, 2.05) is 55.5 Å². The fraction of sp³-hybridized carbons (Fsp3) is 0.318. The van der Waals surface area contributed by atoms with Crippen LogP contribution in [0.4, 0.5) is 0 Å². The fourth-order valence-corrected chi connectivity index (χ4v) is 6.06. The number of ether oxygens (including phenoxy) is 3. The molecule has 0 aromatic heterocycles. The fourth-order valence-electron chi connectivity index (χ4n) is 5.35. The predicted molar refractivity (Wildman–Crippen MR) is 235 cm³/mol. The van der Waals surface area contributed by atoms with E-state index in [1.165, 1.54) is 11.1 Å². The van der Waals surface area contributed by atoms with Gasteiger partial charge in [-0.2, -0.15) is 35.4 Å². The molecule has 10 nitrogen and oxygen atoms in total. The van der Waals surface area contributed by atoms with E-state index in [9.17, 15) is 23.7 Å². The average Bonchev–Trinajstić information content (AvgIpc) is 4.09. The van der Waals surface area contributed by atoms with Crippen molar-refractivity contribution in [3.05, 3.63) is 149 Å². The monoisotopic (exact) mass is 864 g/mol. The Labute approximate surface area is 381 Å². The van der Waals surface area contributed by atoms with E-state index >= 15 is 0 Å². The van der Waals surface area contributed by atoms with Crippen molar-refractivity contribution in [3.63, 3.8) is 0 Å². The summed E-state index contributed by atoms with van der Waals surface area (Å²) < 4.78 is 47.6. The Balaban J connectivity index is 0.000000829. The normalized spacial score (nSPS) is 15.1. The smallest absolute Gasteiger partial charge is 1.00 e. The van der Waals surface area contributed by atoms with E-state index in [4.69, 9.17) is 18.4 Å². The molecule has 2 saturated heterocycles. The first-order valence-corrected chi connectivity index (χ1v) is 18.9. The standard InChI is InChI=1S/C18H20O3.C15H16O2.C10H12O5S.CH4.Na.2H2S.H/c1-18(2,13-3-7-15(19)8-4-13)14-5-9-16(10-6-14)20-11-17-12-21-17;1-15(2,11-3-7-13(16)8-4-11)12-5-9-14(17)10-6-12;1-8-2-4-9(5-3-8)15-16(11,12)14-7-10-6-13-10;;;;;/h3-10,17,19H,11-12H2,1-2H3;3-10,16-17H,1-2H3;2-5,10H,6-7H2,1H3;1H4;;2*1H2;/q;;;;+1;;;-1/t17-;;10-;;;;;/m1.0...../s1. The first kappa shape index (κ1) is 52.6. The van der Waals surface area contributed by atoms with Gasteiger partial charge < -0.3 is 35.1 Å². The average molecular weight is 865 g/mol. The third-order valence-electron chi connectivity index (χ3n) is 9.20. The minimum atomic E-state index is -3.98. The Morgan fingerprint density at radius 1 is 0.586 bits per heavy atom. The molecule has 2 fully saturated rings. The molecule has 2 atom stereocenters. The Bertz CT molecular complexity index is 1990. The molecule has 0 spiro atoms. The molecule has 5 aromatic carbocycles. The maximum atomic E-state index is 11.3. The summed E-state index contributed by atoms with van der Waals surface area (Å²) in [6.07, 6.45) is 0.162. The summed E-state index contributed by atoms with van der Waals surface area (Å²) in [5.74, 6) is 1.95. The van der Waals surface area contributed by atoms with Crippen molar-refractivity contribution >= 4 is 37.4 Å². The van der Waals surface area contributed by atoms with Crippen LogP contribution >= 0.6 is 27.0 Å². The first-order valence-electron chi connectivity index (χ1n) is 17.6. The largest absolute Gasteiger partial charge is 1.00 e. The first-order chi connectivity index (χ1) is 25.6. The molecule has 2 aliphatic heterocycles. The zero-order chi connectivity index (χ0) is 38.9. The van der Waals surface area contributed by atoms with Crippen molar-refractivity contribution in [1.29, 1.82) is 0 Å². The Morgan fingerprint density at radius 3 is 1.24 bits per heavy atom. The van der Waals surface area contributed by atoms with Crippen molar-refractivity contribution in [3.8, 4) is 28.7 Å². The molecule has 3 N–H and O–H groups in total. The summed E-state index contributed by atoms with van der Waals surface area (Å²) in [5, 5.41) is 28.0. The van der Waals surface area contributed by atoms with Crippen LogP contribution in [0.2, 0.25) is 0 Å². The Morgan fingerprint density at radius 2 is 0.897 bits per heavy atom. The van der Waals surface area contributed by atoms with Crippen LogP contribution in [0, 0.1) is 6.92 Å². The van der Waals surface area contributed by atoms with Crippen LogP contribution in [0.25, 0.3) is 0 Å². The van der Waals surface area contributed by atoms with Crippen molar-refractivity contribution in [1.82, 2.24) is 0 Å². The van der Waals surface area contributed by atoms with Gasteiger partial charge in [0.2, 0.25) is 0 Å². The third-order valence-corrected chi connectivity index (χ3v) is 10.0. The van der Waals surface area contributed by atoms with Gasteiger partial charge in [-0.25, -0.2) is 4.18 Å². The van der Waals surface area contributed by atoms with Crippen molar-refractivity contribution < 1.29 is 77.3 Å². The topological polar surface area (TPSA) is 148 Å². The summed E-state index contributed by atoms with van der Waals surface area (Å²) in [7, 11) is -3.98. The summed E-state index contributed by atoms with van der Waals surface area (Å²) in [6, 6.07) is 36.7. The van der Waals surface area contributed by atoms with Gasteiger partial charge in [0.25, 0.3) is 0 Å². The number of phenols is 3. The van der Waals surface area contributed by atoms with Crippen LogP contribution in [0.5, 0.6) is 28.7 Å². The van der Waals surface area contributed by atoms with Crippen LogP contribution in [-0.2, 0) is 34.9 Å². The van der Waals surface area contributed by atoms with Gasteiger partial charge in [0.15, 0.2) is 0 Å². The van der Waals surface area contributed by atoms with E-state index in [0.29, 0.717) is 19.0 Å². The number of benzene rings is 5. The molecule has 0 aliphatic carbocycles. The van der Waals surface area contributed by atoms with Gasteiger partial charge in [0, 0.05) is 10.8 Å². The molecule has 0 bridgehead atoms. The molecule has 0 saturated carbocycles. The van der Waals surface area contributed by atoms with Gasteiger partial charge in [0.1, 0.15) is 47.6 Å². The number of hydrogen-bond donors (Lipinski definition) is 3. The number of aromatic hydroxyl groups is 3. The van der Waals surface area contributed by atoms with Crippen LogP contribution in [-0.4, -0.2) is 62.4 Å². The van der Waals surface area contributed by atoms with Gasteiger partial charge in [-0.05, 0) is 89.8 Å². The third kappa shape index (κ3) is 16.4. The minimum Gasteiger partial charge on any atom is -1.00 e. The van der Waals surface area contributed by atoms with E-state index in [2.05, 4.69) is 44.0 Å².